The van der Waals surface area contributed by atoms with Gasteiger partial charge in [0.15, 0.2) is 0 Å². The van der Waals surface area contributed by atoms with Crippen molar-refractivity contribution in [2.75, 3.05) is 10.9 Å². The van der Waals surface area contributed by atoms with Crippen molar-refractivity contribution in [3.63, 3.8) is 0 Å². The second kappa shape index (κ2) is 7.64. The molecule has 1 aliphatic heterocycles. The standard InChI is InChI=1S/C20H19N3O6S/c1-2-28-20(25)16-8-14-9-18(29-12-13-6-4-3-5-7-13)17(10-15(14)21-16)23-11-19(24)22-30(23,26)27/h3-11,21-22,24H,2,12H2,1H3. The lowest BCUT2D eigenvalue weighted by molar-refractivity contribution is 0.0520. The lowest BCUT2D eigenvalue weighted by atomic mass is 10.2. The topological polar surface area (TPSA) is 121 Å². The van der Waals surface area contributed by atoms with Crippen LogP contribution in [0.1, 0.15) is 23.0 Å². The van der Waals surface area contributed by atoms with Crippen molar-refractivity contribution in [1.82, 2.24) is 9.71 Å². The fourth-order valence-corrected chi connectivity index (χ4v) is 4.13. The van der Waals surface area contributed by atoms with Crippen molar-refractivity contribution in [3.8, 4) is 5.75 Å². The van der Waals surface area contributed by atoms with E-state index < -0.39 is 22.1 Å². The van der Waals surface area contributed by atoms with E-state index >= 15 is 0 Å². The molecule has 1 aromatic heterocycles. The highest BCUT2D eigenvalue weighted by molar-refractivity contribution is 7.91. The van der Waals surface area contributed by atoms with Crippen LogP contribution in [-0.2, 0) is 21.6 Å². The second-order valence-electron chi connectivity index (χ2n) is 6.50. The minimum atomic E-state index is -4.03. The molecule has 0 radical (unpaired) electrons. The summed E-state index contributed by atoms with van der Waals surface area (Å²) >= 11 is 0. The first-order valence-electron chi connectivity index (χ1n) is 9.11. The first kappa shape index (κ1) is 19.6. The summed E-state index contributed by atoms with van der Waals surface area (Å²) in [6.07, 6.45) is 1.04. The second-order valence-corrected chi connectivity index (χ2v) is 8.05. The Kier molecular flexibility index (Phi) is 5.00. The number of hydrogen-bond donors (Lipinski definition) is 3. The normalized spacial score (nSPS) is 15.0. The van der Waals surface area contributed by atoms with Crippen molar-refractivity contribution >= 4 is 32.8 Å². The fraction of sp³-hybridized carbons (Fsp3) is 0.150. The molecule has 0 amide bonds. The van der Waals surface area contributed by atoms with Gasteiger partial charge in [0.25, 0.3) is 0 Å². The number of anilines is 1. The Hall–Kier alpha value is -3.66. The number of esters is 1. The van der Waals surface area contributed by atoms with Crippen LogP contribution >= 0.6 is 0 Å². The van der Waals surface area contributed by atoms with Crippen molar-refractivity contribution in [1.29, 1.82) is 0 Å². The van der Waals surface area contributed by atoms with E-state index in [1.807, 2.05) is 35.1 Å². The third-order valence-electron chi connectivity index (χ3n) is 4.40. The molecular weight excluding hydrogens is 410 g/mol. The van der Waals surface area contributed by atoms with Gasteiger partial charge in [0.05, 0.1) is 12.8 Å². The summed E-state index contributed by atoms with van der Waals surface area (Å²) in [6.45, 7) is 2.14. The highest BCUT2D eigenvalue weighted by atomic mass is 32.2. The molecule has 156 valence electrons. The van der Waals surface area contributed by atoms with E-state index in [9.17, 15) is 18.3 Å². The molecule has 0 aliphatic carbocycles. The third kappa shape index (κ3) is 3.77. The number of aromatic amines is 1. The molecule has 3 N–H and O–H groups in total. The summed E-state index contributed by atoms with van der Waals surface area (Å²) in [5.41, 5.74) is 1.81. The molecule has 30 heavy (non-hydrogen) atoms. The van der Waals surface area contributed by atoms with E-state index in [2.05, 4.69) is 4.98 Å². The average Bonchev–Trinajstić information content (AvgIpc) is 3.25. The zero-order chi connectivity index (χ0) is 21.3. The number of hydrogen-bond acceptors (Lipinski definition) is 6. The van der Waals surface area contributed by atoms with Gasteiger partial charge in [-0.2, -0.15) is 8.42 Å². The number of carbonyl (C=O) groups excluding carboxylic acids is 1. The van der Waals surface area contributed by atoms with E-state index in [0.29, 0.717) is 10.9 Å². The minimum absolute atomic E-state index is 0.173. The van der Waals surface area contributed by atoms with E-state index in [1.54, 1.807) is 19.1 Å². The number of nitrogens with zero attached hydrogens (tertiary/aromatic N) is 1. The number of aromatic nitrogens is 1. The van der Waals surface area contributed by atoms with Gasteiger partial charge in [-0.15, -0.1) is 0 Å². The molecule has 0 atom stereocenters. The first-order chi connectivity index (χ1) is 14.4. The summed E-state index contributed by atoms with van der Waals surface area (Å²) in [6, 6.07) is 14.2. The monoisotopic (exact) mass is 429 g/mol. The Bertz CT molecular complexity index is 1230. The number of rotatable bonds is 6. The van der Waals surface area contributed by atoms with Crippen LogP contribution in [0.4, 0.5) is 5.69 Å². The van der Waals surface area contributed by atoms with Crippen LogP contribution in [0.25, 0.3) is 10.9 Å². The van der Waals surface area contributed by atoms with Crippen molar-refractivity contribution in [2.45, 2.75) is 13.5 Å². The molecule has 2 heterocycles. The minimum Gasteiger partial charge on any atom is -0.493 e. The summed E-state index contributed by atoms with van der Waals surface area (Å²) < 4.78 is 38.6. The molecule has 0 unspecified atom stereocenters. The lowest BCUT2D eigenvalue weighted by Gasteiger charge is -2.18. The van der Waals surface area contributed by atoms with Crippen LogP contribution < -0.4 is 13.8 Å². The molecule has 10 heteroatoms. The van der Waals surface area contributed by atoms with Gasteiger partial charge in [0, 0.05) is 10.9 Å². The number of nitrogens with one attached hydrogen (secondary N) is 2. The van der Waals surface area contributed by atoms with Gasteiger partial charge in [-0.1, -0.05) is 30.3 Å². The number of H-pyrrole nitrogens is 1. The van der Waals surface area contributed by atoms with Crippen molar-refractivity contribution in [2.24, 2.45) is 0 Å². The van der Waals surface area contributed by atoms with Gasteiger partial charge in [-0.05, 0) is 30.7 Å². The summed E-state index contributed by atoms with van der Waals surface area (Å²) in [5.74, 6) is -0.769. The van der Waals surface area contributed by atoms with Gasteiger partial charge < -0.3 is 19.6 Å². The number of aliphatic hydroxyl groups is 1. The Morgan fingerprint density at radius 1 is 1.17 bits per heavy atom. The number of ether oxygens (including phenoxy) is 2. The fourth-order valence-electron chi connectivity index (χ4n) is 3.08. The van der Waals surface area contributed by atoms with Gasteiger partial charge in [0.1, 0.15) is 23.7 Å². The predicted octanol–water partition coefficient (Wildman–Crippen LogP) is 2.93. The molecule has 0 saturated carbocycles. The number of fused-ring (bicyclic) bond motifs is 1. The van der Waals surface area contributed by atoms with Crippen LogP contribution in [0.2, 0.25) is 0 Å². The Balaban J connectivity index is 1.78. The van der Waals surface area contributed by atoms with Crippen molar-refractivity contribution < 1.29 is 27.8 Å². The number of benzene rings is 2. The molecular formula is C20H19N3O6S. The highest BCUT2D eigenvalue weighted by Gasteiger charge is 2.31. The smallest absolute Gasteiger partial charge is 0.354 e. The summed E-state index contributed by atoms with van der Waals surface area (Å²) in [4.78, 5) is 15.0. The van der Waals surface area contributed by atoms with Gasteiger partial charge in [-0.3, -0.25) is 0 Å². The predicted molar refractivity (Wildman–Crippen MR) is 110 cm³/mol. The zero-order valence-electron chi connectivity index (χ0n) is 16.0. The molecule has 3 aromatic rings. The lowest BCUT2D eigenvalue weighted by Crippen LogP contribution is -2.29. The quantitative estimate of drug-likeness (QED) is 0.518. The van der Waals surface area contributed by atoms with Gasteiger partial charge >= 0.3 is 16.2 Å². The summed E-state index contributed by atoms with van der Waals surface area (Å²) in [5, 5.41) is 10.3. The Morgan fingerprint density at radius 3 is 2.60 bits per heavy atom. The molecule has 2 aromatic carbocycles. The van der Waals surface area contributed by atoms with Gasteiger partial charge in [-0.25, -0.2) is 13.8 Å². The largest absolute Gasteiger partial charge is 0.493 e. The van der Waals surface area contributed by atoms with Crippen LogP contribution in [0.15, 0.2) is 60.6 Å². The Labute approximate surface area is 172 Å². The SMILES string of the molecule is CCOC(=O)c1cc2cc(OCc3ccccc3)c(N3C=C(O)NS3(=O)=O)cc2[nH]1. The van der Waals surface area contributed by atoms with Crippen LogP contribution in [0.5, 0.6) is 5.75 Å². The van der Waals surface area contributed by atoms with Crippen LogP contribution in [-0.4, -0.2) is 31.1 Å². The number of aliphatic hydroxyl groups excluding tert-OH is 1. The molecule has 0 saturated heterocycles. The molecule has 1 aliphatic rings. The van der Waals surface area contributed by atoms with Crippen molar-refractivity contribution in [3.05, 3.63) is 71.9 Å². The van der Waals surface area contributed by atoms with E-state index in [0.717, 1.165) is 16.1 Å². The molecule has 0 bridgehead atoms. The summed E-state index contributed by atoms with van der Waals surface area (Å²) in [7, 11) is -4.03. The maximum absolute atomic E-state index is 12.4. The Morgan fingerprint density at radius 2 is 1.93 bits per heavy atom. The van der Waals surface area contributed by atoms with Gasteiger partial charge in [0.2, 0.25) is 5.88 Å². The van der Waals surface area contributed by atoms with E-state index in [4.69, 9.17) is 9.47 Å². The highest BCUT2D eigenvalue weighted by Crippen LogP contribution is 2.37. The number of carbonyl (C=O) groups is 1. The van der Waals surface area contributed by atoms with Crippen LogP contribution in [0.3, 0.4) is 0 Å². The first-order valence-corrected chi connectivity index (χ1v) is 10.5. The maximum Gasteiger partial charge on any atom is 0.354 e. The van der Waals surface area contributed by atoms with E-state index in [1.165, 1.54) is 6.07 Å². The molecule has 4 rings (SSSR count). The molecule has 9 nitrogen and oxygen atoms in total. The maximum atomic E-state index is 12.4. The zero-order valence-corrected chi connectivity index (χ0v) is 16.8. The average molecular weight is 429 g/mol. The van der Waals surface area contributed by atoms with Crippen LogP contribution in [0, 0.1) is 0 Å². The molecule has 0 fully saturated rings. The third-order valence-corrected chi connectivity index (χ3v) is 5.69. The molecule has 0 spiro atoms. The van der Waals surface area contributed by atoms with E-state index in [-0.39, 0.29) is 30.3 Å².